The van der Waals surface area contributed by atoms with Crippen molar-refractivity contribution in [2.45, 2.75) is 19.3 Å². The molecule has 0 aliphatic carbocycles. The van der Waals surface area contributed by atoms with Gasteiger partial charge in [0.1, 0.15) is 11.4 Å². The Morgan fingerprint density at radius 3 is 2.56 bits per heavy atom. The van der Waals surface area contributed by atoms with Crippen LogP contribution in [0.2, 0.25) is 5.02 Å². The Balaban J connectivity index is 1.75. The van der Waals surface area contributed by atoms with Gasteiger partial charge in [0.05, 0.1) is 5.02 Å². The lowest BCUT2D eigenvalue weighted by Crippen LogP contribution is -2.25. The lowest BCUT2D eigenvalue weighted by Gasteiger charge is -2.23. The number of carbonyl (C=O) groups excluding carboxylic acids is 2. The number of carbonyl (C=O) groups is 2. The second kappa shape index (κ2) is 7.16. The highest BCUT2D eigenvalue weighted by Gasteiger charge is 2.38. The molecule has 0 radical (unpaired) electrons. The normalized spacial score (nSPS) is 16.3. The van der Waals surface area contributed by atoms with E-state index in [1.54, 1.807) is 0 Å². The molecule has 1 aliphatic heterocycles. The number of likely N-dealkylation sites (N-methyl/N-ethyl adjacent to an activating group) is 1. The van der Waals surface area contributed by atoms with Crippen molar-refractivity contribution in [3.8, 4) is 0 Å². The smallest absolute Gasteiger partial charge is 0.343 e. The van der Waals surface area contributed by atoms with Gasteiger partial charge in [0, 0.05) is 29.9 Å². The largest absolute Gasteiger partial charge is 0.454 e. The molecule has 140 valence electrons. The fraction of sp³-hybridized carbons (Fsp3) is 0.238. The average Bonchev–Trinajstić information content (AvgIpc) is 2.81. The zero-order valence-corrected chi connectivity index (χ0v) is 16.0. The van der Waals surface area contributed by atoms with Crippen molar-refractivity contribution in [3.05, 3.63) is 76.2 Å². The fourth-order valence-electron chi connectivity index (χ4n) is 3.35. The number of halogens is 2. The molecule has 27 heavy (non-hydrogen) atoms. The minimum Gasteiger partial charge on any atom is -0.454 e. The summed E-state index contributed by atoms with van der Waals surface area (Å²) in [4.78, 5) is 26.4. The van der Waals surface area contributed by atoms with Gasteiger partial charge in [-0.05, 0) is 23.8 Å². The highest BCUT2D eigenvalue weighted by Crippen LogP contribution is 2.46. The number of ketones is 1. The summed E-state index contributed by atoms with van der Waals surface area (Å²) in [5.41, 5.74) is 2.21. The highest BCUT2D eigenvalue weighted by atomic mass is 35.5. The first-order valence-electron chi connectivity index (χ1n) is 8.43. The molecule has 3 rings (SSSR count). The molecule has 0 unspecified atom stereocenters. The first-order valence-corrected chi connectivity index (χ1v) is 8.80. The quantitative estimate of drug-likeness (QED) is 0.571. The van der Waals surface area contributed by atoms with Crippen molar-refractivity contribution in [2.75, 3.05) is 18.6 Å². The summed E-state index contributed by atoms with van der Waals surface area (Å²) in [5, 5.41) is -0.0575. The van der Waals surface area contributed by atoms with Gasteiger partial charge in [-0.15, -0.1) is 0 Å². The van der Waals surface area contributed by atoms with Crippen LogP contribution < -0.4 is 4.90 Å². The molecule has 0 spiro atoms. The summed E-state index contributed by atoms with van der Waals surface area (Å²) >= 11 is 5.84. The molecule has 0 atom stereocenters. The van der Waals surface area contributed by atoms with E-state index in [4.69, 9.17) is 16.3 Å². The number of benzene rings is 2. The molecular weight excluding hydrogens is 369 g/mol. The molecule has 0 aromatic heterocycles. The van der Waals surface area contributed by atoms with Crippen molar-refractivity contribution in [1.29, 1.82) is 0 Å². The third-order valence-corrected chi connectivity index (χ3v) is 5.07. The summed E-state index contributed by atoms with van der Waals surface area (Å²) in [5.74, 6) is -2.14. The summed E-state index contributed by atoms with van der Waals surface area (Å²) in [6, 6.07) is 11.8. The first-order chi connectivity index (χ1) is 12.7. The number of ether oxygens (including phenoxy) is 1. The number of anilines is 1. The van der Waals surface area contributed by atoms with Gasteiger partial charge in [0.25, 0.3) is 0 Å². The molecule has 2 aromatic rings. The Hall–Kier alpha value is -2.66. The lowest BCUT2D eigenvalue weighted by molar-refractivity contribution is -0.117. The van der Waals surface area contributed by atoms with Crippen molar-refractivity contribution in [3.63, 3.8) is 0 Å². The van der Waals surface area contributed by atoms with E-state index >= 15 is 0 Å². The standard InChI is InChI=1S/C21H19ClFNO3/c1-21(2)14-7-4-5-10-17(14)24(3)18(21)11-13(25)12-27-20(26)19-15(22)8-6-9-16(19)23/h4-11H,12H2,1-3H3. The maximum absolute atomic E-state index is 13.8. The van der Waals surface area contributed by atoms with E-state index in [0.29, 0.717) is 0 Å². The van der Waals surface area contributed by atoms with Gasteiger partial charge in [-0.25, -0.2) is 9.18 Å². The van der Waals surface area contributed by atoms with Gasteiger partial charge < -0.3 is 9.64 Å². The number of esters is 1. The van der Waals surface area contributed by atoms with Crippen molar-refractivity contribution < 1.29 is 18.7 Å². The minimum atomic E-state index is -0.966. The van der Waals surface area contributed by atoms with E-state index in [2.05, 4.69) is 0 Å². The van der Waals surface area contributed by atoms with Crippen molar-refractivity contribution in [2.24, 2.45) is 0 Å². The maximum atomic E-state index is 13.8. The minimum absolute atomic E-state index is 0.0575. The van der Waals surface area contributed by atoms with Crippen LogP contribution in [0, 0.1) is 5.82 Å². The summed E-state index contributed by atoms with van der Waals surface area (Å²) in [7, 11) is 1.89. The van der Waals surface area contributed by atoms with Crippen molar-refractivity contribution in [1.82, 2.24) is 0 Å². The van der Waals surface area contributed by atoms with Crippen LogP contribution in [0.1, 0.15) is 29.8 Å². The Bertz CT molecular complexity index is 932. The van der Waals surface area contributed by atoms with Gasteiger partial charge in [0.15, 0.2) is 12.4 Å². The molecule has 0 fully saturated rings. The molecular formula is C21H19ClFNO3. The third-order valence-electron chi connectivity index (χ3n) is 4.75. The second-order valence-electron chi connectivity index (χ2n) is 6.87. The topological polar surface area (TPSA) is 46.6 Å². The number of hydrogen-bond acceptors (Lipinski definition) is 4. The number of nitrogens with zero attached hydrogens (tertiary/aromatic N) is 1. The van der Waals surface area contributed by atoms with E-state index in [-0.39, 0.29) is 16.0 Å². The number of para-hydroxylation sites is 1. The molecule has 0 saturated heterocycles. The van der Waals surface area contributed by atoms with Gasteiger partial charge in [-0.1, -0.05) is 49.7 Å². The monoisotopic (exact) mass is 387 g/mol. The molecule has 1 aliphatic rings. The molecule has 2 aromatic carbocycles. The van der Waals surface area contributed by atoms with E-state index < -0.39 is 24.2 Å². The predicted molar refractivity (Wildman–Crippen MR) is 103 cm³/mol. The Morgan fingerprint density at radius 2 is 1.89 bits per heavy atom. The van der Waals surface area contributed by atoms with E-state index in [9.17, 15) is 14.0 Å². The fourth-order valence-corrected chi connectivity index (χ4v) is 3.59. The first kappa shape index (κ1) is 19.1. The summed E-state index contributed by atoms with van der Waals surface area (Å²) < 4.78 is 18.7. The van der Waals surface area contributed by atoms with Crippen LogP contribution in [0.25, 0.3) is 0 Å². The molecule has 0 bridgehead atoms. The van der Waals surface area contributed by atoms with Gasteiger partial charge >= 0.3 is 5.97 Å². The Morgan fingerprint density at radius 1 is 1.19 bits per heavy atom. The second-order valence-corrected chi connectivity index (χ2v) is 7.28. The molecule has 0 saturated carbocycles. The highest BCUT2D eigenvalue weighted by molar-refractivity contribution is 6.33. The van der Waals surface area contributed by atoms with Crippen LogP contribution in [0.15, 0.2) is 54.2 Å². The molecule has 6 heteroatoms. The zero-order valence-electron chi connectivity index (χ0n) is 15.3. The van der Waals surface area contributed by atoms with Gasteiger partial charge in [0.2, 0.25) is 0 Å². The van der Waals surface area contributed by atoms with Gasteiger partial charge in [-0.3, -0.25) is 4.79 Å². The number of fused-ring (bicyclic) bond motifs is 1. The van der Waals surface area contributed by atoms with Crippen LogP contribution in [0.3, 0.4) is 0 Å². The Kier molecular flexibility index (Phi) is 5.07. The Labute approximate surface area is 162 Å². The number of hydrogen-bond donors (Lipinski definition) is 0. The molecule has 0 N–H and O–H groups in total. The SMILES string of the molecule is CN1C(=CC(=O)COC(=O)c2c(F)cccc2Cl)C(C)(C)c2ccccc21. The van der Waals surface area contributed by atoms with Crippen molar-refractivity contribution >= 4 is 29.0 Å². The van der Waals surface area contributed by atoms with Crippen LogP contribution in [-0.4, -0.2) is 25.4 Å². The zero-order chi connectivity index (χ0) is 19.8. The van der Waals surface area contributed by atoms with Gasteiger partial charge in [-0.2, -0.15) is 0 Å². The molecule has 0 amide bonds. The van der Waals surface area contributed by atoms with Crippen LogP contribution in [0.5, 0.6) is 0 Å². The number of rotatable bonds is 4. The summed E-state index contributed by atoms with van der Waals surface area (Å²) in [6.07, 6.45) is 1.47. The van der Waals surface area contributed by atoms with Crippen LogP contribution >= 0.6 is 11.6 Å². The number of allylic oxidation sites excluding steroid dienone is 1. The third kappa shape index (κ3) is 3.47. The lowest BCUT2D eigenvalue weighted by atomic mass is 9.83. The molecule has 1 heterocycles. The van der Waals surface area contributed by atoms with Crippen LogP contribution in [0.4, 0.5) is 10.1 Å². The predicted octanol–water partition coefficient (Wildman–Crippen LogP) is 4.52. The van der Waals surface area contributed by atoms with E-state index in [1.807, 2.05) is 50.1 Å². The molecule has 4 nitrogen and oxygen atoms in total. The maximum Gasteiger partial charge on any atom is 0.343 e. The average molecular weight is 388 g/mol. The van der Waals surface area contributed by atoms with Crippen LogP contribution in [-0.2, 0) is 14.9 Å². The van der Waals surface area contributed by atoms with E-state index in [0.717, 1.165) is 23.0 Å². The van der Waals surface area contributed by atoms with E-state index in [1.165, 1.54) is 18.2 Å². The summed E-state index contributed by atoms with van der Waals surface area (Å²) in [6.45, 7) is 3.56.